The Hall–Kier alpha value is -2.26. The number of carbonyl (C=O) groups is 1. The van der Waals surface area contributed by atoms with Gasteiger partial charge in [0.1, 0.15) is 12.4 Å². The highest BCUT2D eigenvalue weighted by Crippen LogP contribution is 2.28. The first kappa shape index (κ1) is 25.4. The number of nitrogens with one attached hydrogen (secondary N) is 1. The first-order chi connectivity index (χ1) is 15.8. The number of rotatable bonds is 10. The fourth-order valence-corrected chi connectivity index (χ4v) is 5.95. The molecule has 10 heteroatoms. The molecule has 3 aromatic carbocycles. The molecule has 5 nitrogen and oxygen atoms in total. The van der Waals surface area contributed by atoms with E-state index in [0.29, 0.717) is 33.8 Å². The molecule has 0 spiro atoms. The summed E-state index contributed by atoms with van der Waals surface area (Å²) in [5.74, 6) is 0.168. The van der Waals surface area contributed by atoms with Crippen molar-refractivity contribution < 1.29 is 17.6 Å². The Balaban J connectivity index is 1.62. The van der Waals surface area contributed by atoms with Crippen LogP contribution in [0, 0.1) is 5.82 Å². The highest BCUT2D eigenvalue weighted by molar-refractivity contribution is 7.98. The van der Waals surface area contributed by atoms with Gasteiger partial charge in [0.15, 0.2) is 0 Å². The van der Waals surface area contributed by atoms with Crippen LogP contribution in [-0.2, 0) is 20.6 Å². The van der Waals surface area contributed by atoms with Gasteiger partial charge in [-0.3, -0.25) is 9.10 Å². The van der Waals surface area contributed by atoms with Crippen LogP contribution in [-0.4, -0.2) is 33.2 Å². The van der Waals surface area contributed by atoms with E-state index in [1.54, 1.807) is 60.3 Å². The van der Waals surface area contributed by atoms with Crippen LogP contribution in [0.15, 0.2) is 77.7 Å². The molecule has 0 atom stereocenters. The number of hydrogen-bond donors (Lipinski definition) is 1. The van der Waals surface area contributed by atoms with Crippen LogP contribution in [0.4, 0.5) is 10.1 Å². The molecule has 33 heavy (non-hydrogen) atoms. The van der Waals surface area contributed by atoms with Crippen molar-refractivity contribution in [2.24, 2.45) is 0 Å². The lowest BCUT2D eigenvalue weighted by molar-refractivity contribution is -0.119. The molecule has 0 aliphatic heterocycles. The van der Waals surface area contributed by atoms with Crippen molar-refractivity contribution in [2.45, 2.75) is 10.6 Å². The molecular formula is C23H21Cl2FN2O3S2. The molecule has 0 aliphatic carbocycles. The second-order valence-corrected chi connectivity index (χ2v) is 10.7. The predicted molar refractivity (Wildman–Crippen MR) is 133 cm³/mol. The maximum atomic E-state index is 13.3. The molecule has 0 bridgehead atoms. The van der Waals surface area contributed by atoms with Gasteiger partial charge in [0, 0.05) is 28.1 Å². The lowest BCUT2D eigenvalue weighted by Crippen LogP contribution is -2.41. The van der Waals surface area contributed by atoms with E-state index >= 15 is 0 Å². The summed E-state index contributed by atoms with van der Waals surface area (Å²) in [5.41, 5.74) is 1.16. The van der Waals surface area contributed by atoms with Crippen molar-refractivity contribution in [3.05, 3.63) is 94.2 Å². The summed E-state index contributed by atoms with van der Waals surface area (Å²) in [5, 5.41) is 3.91. The molecule has 0 aromatic heterocycles. The monoisotopic (exact) mass is 526 g/mol. The van der Waals surface area contributed by atoms with Crippen LogP contribution in [0.2, 0.25) is 10.0 Å². The summed E-state index contributed by atoms with van der Waals surface area (Å²) in [7, 11) is -4.08. The van der Waals surface area contributed by atoms with Crippen LogP contribution in [0.3, 0.4) is 0 Å². The minimum Gasteiger partial charge on any atom is -0.354 e. The standard InChI is InChI=1S/C23H21Cl2FN2O3S2/c24-21-7-4-8-22(25)20(21)16-32-14-13-27-23(29)15-28(18-5-2-1-3-6-18)33(30,31)19-11-9-17(26)10-12-19/h1-12H,13-16H2,(H,27,29). The molecule has 0 heterocycles. The molecule has 0 radical (unpaired) electrons. The summed E-state index contributed by atoms with van der Waals surface area (Å²) in [4.78, 5) is 12.5. The summed E-state index contributed by atoms with van der Waals surface area (Å²) in [6, 6.07) is 18.1. The van der Waals surface area contributed by atoms with Gasteiger partial charge >= 0.3 is 0 Å². The number of benzene rings is 3. The predicted octanol–water partition coefficient (Wildman–Crippen LogP) is 5.38. The number of thioether (sulfide) groups is 1. The van der Waals surface area contributed by atoms with E-state index in [1.807, 2.05) is 0 Å². The number of anilines is 1. The van der Waals surface area contributed by atoms with Gasteiger partial charge < -0.3 is 5.32 Å². The fourth-order valence-electron chi connectivity index (χ4n) is 2.94. The Bertz CT molecular complexity index is 1170. The second kappa shape index (κ2) is 11.7. The van der Waals surface area contributed by atoms with Crippen molar-refractivity contribution >= 4 is 56.6 Å². The van der Waals surface area contributed by atoms with Crippen molar-refractivity contribution in [1.29, 1.82) is 0 Å². The van der Waals surface area contributed by atoms with E-state index in [1.165, 1.54) is 12.1 Å². The van der Waals surface area contributed by atoms with Crippen LogP contribution in [0.5, 0.6) is 0 Å². The maximum Gasteiger partial charge on any atom is 0.264 e. The maximum absolute atomic E-state index is 13.3. The summed E-state index contributed by atoms with van der Waals surface area (Å²) < 4.78 is 40.6. The van der Waals surface area contributed by atoms with E-state index in [0.717, 1.165) is 22.0 Å². The zero-order valence-electron chi connectivity index (χ0n) is 17.4. The van der Waals surface area contributed by atoms with E-state index in [4.69, 9.17) is 23.2 Å². The second-order valence-electron chi connectivity index (χ2n) is 6.90. The van der Waals surface area contributed by atoms with E-state index in [9.17, 15) is 17.6 Å². The van der Waals surface area contributed by atoms with Gasteiger partial charge in [-0.2, -0.15) is 11.8 Å². The molecule has 0 saturated heterocycles. The van der Waals surface area contributed by atoms with Crippen molar-refractivity contribution in [1.82, 2.24) is 5.32 Å². The molecule has 1 amide bonds. The molecular weight excluding hydrogens is 506 g/mol. The van der Waals surface area contributed by atoms with Crippen molar-refractivity contribution in [3.8, 4) is 0 Å². The first-order valence-electron chi connectivity index (χ1n) is 9.90. The van der Waals surface area contributed by atoms with E-state index < -0.39 is 28.3 Å². The molecule has 3 aromatic rings. The van der Waals surface area contributed by atoms with Crippen molar-refractivity contribution in [2.75, 3.05) is 23.1 Å². The molecule has 0 saturated carbocycles. The summed E-state index contributed by atoms with van der Waals surface area (Å²) in [6.07, 6.45) is 0. The SMILES string of the molecule is O=C(CN(c1ccccc1)S(=O)(=O)c1ccc(F)cc1)NCCSCc1c(Cl)cccc1Cl. The number of amides is 1. The Morgan fingerprint density at radius 2 is 1.58 bits per heavy atom. The zero-order valence-corrected chi connectivity index (χ0v) is 20.5. The average molecular weight is 527 g/mol. The van der Waals surface area contributed by atoms with Gasteiger partial charge in [0.2, 0.25) is 5.91 Å². The topological polar surface area (TPSA) is 66.5 Å². The fraction of sp³-hybridized carbons (Fsp3) is 0.174. The Kier molecular flexibility index (Phi) is 9.02. The van der Waals surface area contributed by atoms with Crippen molar-refractivity contribution in [3.63, 3.8) is 0 Å². The first-order valence-corrected chi connectivity index (χ1v) is 13.2. The molecule has 1 N–H and O–H groups in total. The third-order valence-corrected chi connectivity index (χ3v) is 8.09. The largest absolute Gasteiger partial charge is 0.354 e. The smallest absolute Gasteiger partial charge is 0.264 e. The number of halogens is 3. The van der Waals surface area contributed by atoms with Crippen LogP contribution >= 0.6 is 35.0 Å². The Labute approximate surface area is 206 Å². The number of sulfonamides is 1. The zero-order chi connectivity index (χ0) is 23.8. The molecule has 3 rings (SSSR count). The number of carbonyl (C=O) groups excluding carboxylic acids is 1. The van der Waals surface area contributed by atoms with E-state index in [-0.39, 0.29) is 4.90 Å². The minimum atomic E-state index is -4.08. The molecule has 0 fully saturated rings. The van der Waals surface area contributed by atoms with Gasteiger partial charge in [0.05, 0.1) is 10.6 Å². The Morgan fingerprint density at radius 3 is 2.21 bits per heavy atom. The lowest BCUT2D eigenvalue weighted by Gasteiger charge is -2.24. The third kappa shape index (κ3) is 6.86. The average Bonchev–Trinajstić information content (AvgIpc) is 2.79. The van der Waals surface area contributed by atoms with Gasteiger partial charge in [0.25, 0.3) is 10.0 Å². The van der Waals surface area contributed by atoms with Gasteiger partial charge in [-0.15, -0.1) is 0 Å². The summed E-state index contributed by atoms with van der Waals surface area (Å²) in [6.45, 7) is -0.0739. The van der Waals surface area contributed by atoms with Gasteiger partial charge in [-0.1, -0.05) is 47.5 Å². The highest BCUT2D eigenvalue weighted by atomic mass is 35.5. The molecule has 0 unspecified atom stereocenters. The molecule has 0 aliphatic rings. The number of hydrogen-bond acceptors (Lipinski definition) is 4. The summed E-state index contributed by atoms with van der Waals surface area (Å²) >= 11 is 13.9. The minimum absolute atomic E-state index is 0.104. The number of para-hydroxylation sites is 1. The molecule has 174 valence electrons. The third-order valence-electron chi connectivity index (χ3n) is 4.61. The van der Waals surface area contributed by atoms with Gasteiger partial charge in [-0.05, 0) is 54.1 Å². The van der Waals surface area contributed by atoms with Gasteiger partial charge in [-0.25, -0.2) is 12.8 Å². The Morgan fingerprint density at radius 1 is 0.939 bits per heavy atom. The quantitative estimate of drug-likeness (QED) is 0.360. The van der Waals surface area contributed by atoms with Crippen LogP contribution in [0.25, 0.3) is 0 Å². The lowest BCUT2D eigenvalue weighted by atomic mass is 10.2. The normalized spacial score (nSPS) is 11.2. The highest BCUT2D eigenvalue weighted by Gasteiger charge is 2.27. The van der Waals surface area contributed by atoms with Crippen LogP contribution in [0.1, 0.15) is 5.56 Å². The van der Waals surface area contributed by atoms with Crippen LogP contribution < -0.4 is 9.62 Å². The van der Waals surface area contributed by atoms with E-state index in [2.05, 4.69) is 5.32 Å². The number of nitrogens with zero attached hydrogens (tertiary/aromatic N) is 1.